The quantitative estimate of drug-likeness (QED) is 0.201. The first-order valence-corrected chi connectivity index (χ1v) is 11.1. The van der Waals surface area contributed by atoms with Gasteiger partial charge in [-0.2, -0.15) is 8.75 Å². The molecule has 0 radical (unpaired) electrons. The number of nitrogens with zero attached hydrogens (tertiary/aromatic N) is 2. The second-order valence-corrected chi connectivity index (χ2v) is 8.20. The minimum atomic E-state index is -1.45. The summed E-state index contributed by atoms with van der Waals surface area (Å²) in [5.41, 5.74) is 3.50. The molecule has 4 rings (SSSR count). The third-order valence-corrected chi connectivity index (χ3v) is 6.02. The number of carbonyl (C=O) groups excluding carboxylic acids is 2. The molecule has 35 heavy (non-hydrogen) atoms. The van der Waals surface area contributed by atoms with Crippen molar-refractivity contribution in [2.75, 3.05) is 14.2 Å². The molecule has 0 aliphatic rings. The smallest absolute Gasteiger partial charge is 0.545 e. The summed E-state index contributed by atoms with van der Waals surface area (Å²) in [6, 6.07) is 17.1. The zero-order valence-electron chi connectivity index (χ0n) is 19.8. The maximum absolute atomic E-state index is 13.6. The standard InChI is InChI=1S/C26H22N2O5S.Na/c1-15-4-7-17(8-5-15)25(29)19(12-16-6-11-22(32-2)23(13-16)33-3)24(26(30)31)18-9-10-20-21(14-18)28-34-27-20;/h4-11,13-14H,12H2,1-3H3,(H,30,31);/q;+1/p-1. The molecule has 0 N–H and O–H groups in total. The predicted octanol–water partition coefficient (Wildman–Crippen LogP) is 0.650. The molecule has 1 heterocycles. The predicted molar refractivity (Wildman–Crippen MR) is 128 cm³/mol. The van der Waals surface area contributed by atoms with Gasteiger partial charge in [-0.25, -0.2) is 0 Å². The van der Waals surface area contributed by atoms with E-state index in [4.69, 9.17) is 9.47 Å². The van der Waals surface area contributed by atoms with Crippen molar-refractivity contribution in [1.29, 1.82) is 0 Å². The van der Waals surface area contributed by atoms with Crippen LogP contribution in [0.5, 0.6) is 11.5 Å². The van der Waals surface area contributed by atoms with Crippen molar-refractivity contribution in [3.8, 4) is 11.5 Å². The Morgan fingerprint density at radius 3 is 2.17 bits per heavy atom. The van der Waals surface area contributed by atoms with Gasteiger partial charge in [0.2, 0.25) is 0 Å². The van der Waals surface area contributed by atoms with Gasteiger partial charge in [-0.1, -0.05) is 42.0 Å². The van der Waals surface area contributed by atoms with Crippen molar-refractivity contribution in [1.82, 2.24) is 8.75 Å². The molecule has 1 aromatic heterocycles. The number of hydrogen-bond donors (Lipinski definition) is 0. The van der Waals surface area contributed by atoms with Gasteiger partial charge in [0.1, 0.15) is 11.0 Å². The number of methoxy groups -OCH3 is 2. The third-order valence-electron chi connectivity index (χ3n) is 5.47. The van der Waals surface area contributed by atoms with Crippen LogP contribution in [0.25, 0.3) is 16.6 Å². The Labute approximate surface area is 229 Å². The maximum atomic E-state index is 13.6. The monoisotopic (exact) mass is 496 g/mol. The molecule has 9 heteroatoms. The number of ether oxygens (including phenoxy) is 2. The Morgan fingerprint density at radius 2 is 1.51 bits per heavy atom. The van der Waals surface area contributed by atoms with Crippen LogP contribution in [-0.4, -0.2) is 34.7 Å². The van der Waals surface area contributed by atoms with Crippen LogP contribution in [0.1, 0.15) is 27.0 Å². The molecule has 0 aliphatic carbocycles. The Balaban J connectivity index is 0.00000342. The van der Waals surface area contributed by atoms with E-state index in [2.05, 4.69) is 8.75 Å². The minimum Gasteiger partial charge on any atom is -0.545 e. The van der Waals surface area contributed by atoms with E-state index in [0.717, 1.165) is 17.3 Å². The fourth-order valence-electron chi connectivity index (χ4n) is 3.71. The molecule has 0 aliphatic heterocycles. The van der Waals surface area contributed by atoms with E-state index in [-0.39, 0.29) is 47.1 Å². The van der Waals surface area contributed by atoms with Gasteiger partial charge in [-0.05, 0) is 42.3 Å². The molecule has 172 valence electrons. The van der Waals surface area contributed by atoms with Crippen molar-refractivity contribution in [3.63, 3.8) is 0 Å². The Kier molecular flexibility index (Phi) is 8.80. The summed E-state index contributed by atoms with van der Waals surface area (Å²) in [6.07, 6.45) is 0.0454. The first-order chi connectivity index (χ1) is 16.4. The van der Waals surface area contributed by atoms with Crippen LogP contribution in [0.3, 0.4) is 0 Å². The van der Waals surface area contributed by atoms with Gasteiger partial charge in [-0.3, -0.25) is 4.79 Å². The Morgan fingerprint density at radius 1 is 0.857 bits per heavy atom. The van der Waals surface area contributed by atoms with Crippen molar-refractivity contribution < 1.29 is 53.7 Å². The average molecular weight is 497 g/mol. The number of carbonyl (C=O) groups is 2. The summed E-state index contributed by atoms with van der Waals surface area (Å²) in [7, 11) is 3.04. The van der Waals surface area contributed by atoms with Crippen LogP contribution in [-0.2, 0) is 11.2 Å². The molecule has 3 aromatic carbocycles. The normalized spacial score (nSPS) is 11.4. The van der Waals surface area contributed by atoms with Crippen molar-refractivity contribution in [3.05, 3.63) is 88.5 Å². The van der Waals surface area contributed by atoms with E-state index >= 15 is 0 Å². The number of benzene rings is 3. The van der Waals surface area contributed by atoms with Gasteiger partial charge < -0.3 is 19.4 Å². The van der Waals surface area contributed by atoms with E-state index < -0.39 is 11.8 Å². The molecule has 0 fully saturated rings. The number of aliphatic carboxylic acids is 1. The number of hydrogen-bond acceptors (Lipinski definition) is 8. The average Bonchev–Trinajstić information content (AvgIpc) is 3.31. The van der Waals surface area contributed by atoms with Crippen LogP contribution in [0.2, 0.25) is 0 Å². The van der Waals surface area contributed by atoms with Gasteiger partial charge in [0.15, 0.2) is 17.3 Å². The molecule has 0 bridgehead atoms. The largest absolute Gasteiger partial charge is 1.00 e. The van der Waals surface area contributed by atoms with Crippen LogP contribution < -0.4 is 44.1 Å². The van der Waals surface area contributed by atoms with Crippen molar-refractivity contribution in [2.45, 2.75) is 13.3 Å². The number of Topliss-reactive ketones (excluding diaryl/α,β-unsaturated/α-hetero) is 1. The fourth-order valence-corrected chi connectivity index (χ4v) is 4.23. The van der Waals surface area contributed by atoms with E-state index in [0.29, 0.717) is 39.2 Å². The summed E-state index contributed by atoms with van der Waals surface area (Å²) in [5.74, 6) is -0.834. The first-order valence-electron chi connectivity index (χ1n) is 10.4. The minimum absolute atomic E-state index is 0. The molecular formula is C26H21N2NaO5S. The number of aromatic nitrogens is 2. The number of carboxylic acids is 1. The van der Waals surface area contributed by atoms with Crippen LogP contribution in [0.4, 0.5) is 0 Å². The summed E-state index contributed by atoms with van der Waals surface area (Å²) in [4.78, 5) is 26.1. The molecule has 0 amide bonds. The third kappa shape index (κ3) is 5.79. The number of carboxylic acid groups (broad SMARTS) is 1. The fraction of sp³-hybridized carbons (Fsp3) is 0.154. The van der Waals surface area contributed by atoms with Gasteiger partial charge >= 0.3 is 29.6 Å². The van der Waals surface area contributed by atoms with Gasteiger partial charge in [0.25, 0.3) is 0 Å². The molecule has 0 saturated heterocycles. The van der Waals surface area contributed by atoms with E-state index in [1.807, 2.05) is 19.1 Å². The second-order valence-electron chi connectivity index (χ2n) is 7.67. The van der Waals surface area contributed by atoms with E-state index in [1.165, 1.54) is 14.2 Å². The summed E-state index contributed by atoms with van der Waals surface area (Å²) < 4.78 is 19.0. The topological polar surface area (TPSA) is 101 Å². The van der Waals surface area contributed by atoms with Gasteiger partial charge in [0.05, 0.1) is 31.9 Å². The zero-order chi connectivity index (χ0) is 24.2. The van der Waals surface area contributed by atoms with Crippen molar-refractivity contribution >= 4 is 40.1 Å². The van der Waals surface area contributed by atoms with E-state index in [9.17, 15) is 14.7 Å². The molecule has 4 aromatic rings. The number of aryl methyl sites for hydroxylation is 1. The summed E-state index contributed by atoms with van der Waals surface area (Å²) in [6.45, 7) is 1.92. The Hall–Kier alpha value is -3.04. The maximum Gasteiger partial charge on any atom is 1.00 e. The van der Waals surface area contributed by atoms with E-state index in [1.54, 1.807) is 48.5 Å². The van der Waals surface area contributed by atoms with Crippen LogP contribution >= 0.6 is 11.7 Å². The first kappa shape index (κ1) is 26.6. The molecule has 0 unspecified atom stereocenters. The zero-order valence-corrected chi connectivity index (χ0v) is 22.6. The molecular weight excluding hydrogens is 475 g/mol. The Bertz CT molecular complexity index is 1410. The summed E-state index contributed by atoms with van der Waals surface area (Å²) in [5, 5.41) is 12.4. The van der Waals surface area contributed by atoms with Gasteiger partial charge in [0, 0.05) is 23.1 Å². The second kappa shape index (κ2) is 11.6. The molecule has 0 spiro atoms. The summed E-state index contributed by atoms with van der Waals surface area (Å²) >= 11 is 1.03. The van der Waals surface area contributed by atoms with Crippen LogP contribution in [0, 0.1) is 6.92 Å². The SMILES string of the molecule is COc1ccc(CC(C(=O)c2ccc(C)cc2)=C(C(=O)[O-])c2ccc3nsnc3c2)cc1OC.[Na+]. The number of fused-ring (bicyclic) bond motifs is 1. The van der Waals surface area contributed by atoms with Crippen molar-refractivity contribution in [2.24, 2.45) is 0 Å². The van der Waals surface area contributed by atoms with Crippen LogP contribution in [0.15, 0.2) is 66.2 Å². The molecule has 7 nitrogen and oxygen atoms in total. The number of rotatable bonds is 8. The van der Waals surface area contributed by atoms with Gasteiger partial charge in [-0.15, -0.1) is 0 Å². The number of ketones is 1. The number of allylic oxidation sites excluding steroid dienone is 1. The molecule has 0 atom stereocenters. The molecule has 0 saturated carbocycles.